The summed E-state index contributed by atoms with van der Waals surface area (Å²) in [5, 5.41) is 2.51. The minimum atomic E-state index is -3.69. The van der Waals surface area contributed by atoms with Gasteiger partial charge in [-0.1, -0.05) is 19.1 Å². The van der Waals surface area contributed by atoms with Crippen molar-refractivity contribution in [3.05, 3.63) is 53.6 Å². The standard InChI is InChI=1S/C20H24N2O6S/c1-5-14-6-8-15(9-7-14)20(24)28-13-19(23)21-17-12-16(10-11-18(17)27-4)29(25,26)22(2)3/h6-12H,5,13H2,1-4H3,(H,21,23). The Morgan fingerprint density at radius 1 is 1.07 bits per heavy atom. The summed E-state index contributed by atoms with van der Waals surface area (Å²) in [7, 11) is 0.521. The Kier molecular flexibility index (Phi) is 7.35. The Bertz CT molecular complexity index is 985. The fourth-order valence-corrected chi connectivity index (χ4v) is 3.36. The fourth-order valence-electron chi connectivity index (χ4n) is 2.43. The van der Waals surface area contributed by atoms with Crippen LogP contribution in [0.4, 0.5) is 5.69 Å². The van der Waals surface area contributed by atoms with E-state index in [0.717, 1.165) is 16.3 Å². The molecule has 0 saturated carbocycles. The molecule has 0 fully saturated rings. The predicted octanol–water partition coefficient (Wildman–Crippen LogP) is 2.30. The molecular formula is C20H24N2O6S. The van der Waals surface area contributed by atoms with Crippen molar-refractivity contribution in [2.75, 3.05) is 33.1 Å². The van der Waals surface area contributed by atoms with Crippen LogP contribution in [0.1, 0.15) is 22.8 Å². The molecule has 0 aliphatic heterocycles. The van der Waals surface area contributed by atoms with Crippen molar-refractivity contribution in [3.63, 3.8) is 0 Å². The first-order valence-electron chi connectivity index (χ1n) is 8.85. The summed E-state index contributed by atoms with van der Waals surface area (Å²) in [6, 6.07) is 11.0. The molecule has 0 saturated heterocycles. The van der Waals surface area contributed by atoms with Crippen molar-refractivity contribution in [1.29, 1.82) is 0 Å². The van der Waals surface area contributed by atoms with Gasteiger partial charge in [-0.3, -0.25) is 4.79 Å². The van der Waals surface area contributed by atoms with Crippen LogP contribution >= 0.6 is 0 Å². The maximum absolute atomic E-state index is 12.3. The number of carbonyl (C=O) groups is 2. The van der Waals surface area contributed by atoms with E-state index in [1.807, 2.05) is 19.1 Å². The molecule has 0 radical (unpaired) electrons. The summed E-state index contributed by atoms with van der Waals surface area (Å²) in [5.41, 5.74) is 1.58. The molecule has 0 atom stereocenters. The zero-order valence-electron chi connectivity index (χ0n) is 16.8. The van der Waals surface area contributed by atoms with Crippen molar-refractivity contribution < 1.29 is 27.5 Å². The van der Waals surface area contributed by atoms with Gasteiger partial charge in [0.05, 0.1) is 23.3 Å². The zero-order valence-corrected chi connectivity index (χ0v) is 17.6. The first kappa shape index (κ1) is 22.4. The van der Waals surface area contributed by atoms with Crippen molar-refractivity contribution in [2.45, 2.75) is 18.2 Å². The Labute approximate surface area is 170 Å². The summed E-state index contributed by atoms with van der Waals surface area (Å²) in [6.07, 6.45) is 0.849. The maximum atomic E-state index is 12.3. The molecule has 0 unspecified atom stereocenters. The molecule has 0 bridgehead atoms. The number of rotatable bonds is 8. The number of methoxy groups -OCH3 is 1. The van der Waals surface area contributed by atoms with Crippen LogP contribution in [-0.4, -0.2) is 52.4 Å². The number of hydrogen-bond donors (Lipinski definition) is 1. The minimum absolute atomic E-state index is 0.00777. The van der Waals surface area contributed by atoms with Gasteiger partial charge in [-0.25, -0.2) is 17.5 Å². The van der Waals surface area contributed by atoms with E-state index in [-0.39, 0.29) is 16.3 Å². The monoisotopic (exact) mass is 420 g/mol. The van der Waals surface area contributed by atoms with E-state index in [4.69, 9.17) is 9.47 Å². The number of ether oxygens (including phenoxy) is 2. The van der Waals surface area contributed by atoms with Gasteiger partial charge in [-0.05, 0) is 42.3 Å². The van der Waals surface area contributed by atoms with Crippen molar-refractivity contribution in [3.8, 4) is 5.75 Å². The average molecular weight is 420 g/mol. The Morgan fingerprint density at radius 2 is 1.72 bits per heavy atom. The average Bonchev–Trinajstić information content (AvgIpc) is 2.71. The molecule has 0 spiro atoms. The number of anilines is 1. The Hall–Kier alpha value is -2.91. The number of aryl methyl sites for hydroxylation is 1. The van der Waals surface area contributed by atoms with Crippen LogP contribution in [0.15, 0.2) is 47.4 Å². The molecule has 2 aromatic rings. The molecule has 0 aromatic heterocycles. The molecule has 0 aliphatic carbocycles. The quantitative estimate of drug-likeness (QED) is 0.658. The van der Waals surface area contributed by atoms with Crippen LogP contribution in [0, 0.1) is 0 Å². The van der Waals surface area contributed by atoms with E-state index in [9.17, 15) is 18.0 Å². The van der Waals surface area contributed by atoms with Crippen LogP contribution < -0.4 is 10.1 Å². The second-order valence-corrected chi connectivity index (χ2v) is 8.48. The molecule has 2 rings (SSSR count). The summed E-state index contributed by atoms with van der Waals surface area (Å²) in [5.74, 6) is -0.975. The molecule has 8 nitrogen and oxygen atoms in total. The van der Waals surface area contributed by atoms with E-state index in [1.165, 1.54) is 39.4 Å². The van der Waals surface area contributed by atoms with Gasteiger partial charge >= 0.3 is 5.97 Å². The molecule has 1 amide bonds. The lowest BCUT2D eigenvalue weighted by atomic mass is 10.1. The molecule has 2 aromatic carbocycles. The number of hydrogen-bond acceptors (Lipinski definition) is 6. The summed E-state index contributed by atoms with van der Waals surface area (Å²) in [4.78, 5) is 24.3. The lowest BCUT2D eigenvalue weighted by Gasteiger charge is -2.15. The van der Waals surface area contributed by atoms with Crippen molar-refractivity contribution in [2.24, 2.45) is 0 Å². The van der Waals surface area contributed by atoms with Crippen LogP contribution in [-0.2, 0) is 26.0 Å². The largest absolute Gasteiger partial charge is 0.495 e. The lowest BCUT2D eigenvalue weighted by Crippen LogP contribution is -2.23. The maximum Gasteiger partial charge on any atom is 0.338 e. The third-order valence-corrected chi connectivity index (χ3v) is 5.97. The number of carbonyl (C=O) groups excluding carboxylic acids is 2. The SMILES string of the molecule is CCc1ccc(C(=O)OCC(=O)Nc2cc(S(=O)(=O)N(C)C)ccc2OC)cc1. The highest BCUT2D eigenvalue weighted by molar-refractivity contribution is 7.89. The van der Waals surface area contributed by atoms with Gasteiger partial charge in [0, 0.05) is 14.1 Å². The lowest BCUT2D eigenvalue weighted by molar-refractivity contribution is -0.119. The Morgan fingerprint density at radius 3 is 2.28 bits per heavy atom. The van der Waals surface area contributed by atoms with E-state index in [2.05, 4.69) is 5.32 Å². The van der Waals surface area contributed by atoms with Crippen LogP contribution in [0.5, 0.6) is 5.75 Å². The van der Waals surface area contributed by atoms with E-state index >= 15 is 0 Å². The normalized spacial score (nSPS) is 11.2. The van der Waals surface area contributed by atoms with Gasteiger partial charge in [-0.15, -0.1) is 0 Å². The molecule has 9 heteroatoms. The highest BCUT2D eigenvalue weighted by Crippen LogP contribution is 2.28. The molecule has 0 heterocycles. The summed E-state index contributed by atoms with van der Waals surface area (Å²) >= 11 is 0. The summed E-state index contributed by atoms with van der Waals surface area (Å²) < 4.78 is 35.8. The van der Waals surface area contributed by atoms with Crippen molar-refractivity contribution in [1.82, 2.24) is 4.31 Å². The zero-order chi connectivity index (χ0) is 21.6. The minimum Gasteiger partial charge on any atom is -0.495 e. The number of esters is 1. The van der Waals surface area contributed by atoms with Crippen molar-refractivity contribution >= 4 is 27.6 Å². The van der Waals surface area contributed by atoms with E-state index in [1.54, 1.807) is 12.1 Å². The number of nitrogens with one attached hydrogen (secondary N) is 1. The predicted molar refractivity (Wildman–Crippen MR) is 109 cm³/mol. The van der Waals surface area contributed by atoms with Gasteiger partial charge in [-0.2, -0.15) is 0 Å². The van der Waals surface area contributed by atoms with Gasteiger partial charge in [0.2, 0.25) is 10.0 Å². The first-order valence-corrected chi connectivity index (χ1v) is 10.3. The van der Waals surface area contributed by atoms with Crippen LogP contribution in [0.25, 0.3) is 0 Å². The van der Waals surface area contributed by atoms with E-state index < -0.39 is 28.5 Å². The second kappa shape index (κ2) is 9.53. The van der Waals surface area contributed by atoms with Gasteiger partial charge < -0.3 is 14.8 Å². The van der Waals surface area contributed by atoms with Crippen LogP contribution in [0.3, 0.4) is 0 Å². The number of nitrogens with zero attached hydrogens (tertiary/aromatic N) is 1. The van der Waals surface area contributed by atoms with E-state index in [0.29, 0.717) is 5.56 Å². The number of sulfonamides is 1. The number of benzene rings is 2. The highest BCUT2D eigenvalue weighted by atomic mass is 32.2. The molecular weight excluding hydrogens is 396 g/mol. The van der Waals surface area contributed by atoms with Gasteiger partial charge in [0.25, 0.3) is 5.91 Å². The number of amides is 1. The highest BCUT2D eigenvalue weighted by Gasteiger charge is 2.20. The van der Waals surface area contributed by atoms with Gasteiger partial charge in [0.1, 0.15) is 5.75 Å². The van der Waals surface area contributed by atoms with Crippen LogP contribution in [0.2, 0.25) is 0 Å². The molecule has 0 aliphatic rings. The topological polar surface area (TPSA) is 102 Å². The second-order valence-electron chi connectivity index (χ2n) is 6.32. The van der Waals surface area contributed by atoms with Gasteiger partial charge in [0.15, 0.2) is 6.61 Å². The summed E-state index contributed by atoms with van der Waals surface area (Å²) in [6.45, 7) is 1.48. The Balaban J connectivity index is 2.08. The third-order valence-electron chi connectivity index (χ3n) is 4.16. The third kappa shape index (κ3) is 5.55. The molecule has 156 valence electrons. The molecule has 29 heavy (non-hydrogen) atoms. The first-order chi connectivity index (χ1) is 13.7. The smallest absolute Gasteiger partial charge is 0.338 e. The molecule has 1 N–H and O–H groups in total. The fraction of sp³-hybridized carbons (Fsp3) is 0.300.